The van der Waals surface area contributed by atoms with Crippen molar-refractivity contribution in [2.24, 2.45) is 0 Å². The zero-order chi connectivity index (χ0) is 10.5. The Bertz CT molecular complexity index is 423. The molecule has 0 amide bonds. The van der Waals surface area contributed by atoms with Gasteiger partial charge in [0.1, 0.15) is 5.75 Å². The van der Waals surface area contributed by atoms with Crippen LogP contribution in [0.3, 0.4) is 0 Å². The molecule has 0 aliphatic heterocycles. The second-order valence-corrected chi connectivity index (χ2v) is 2.95. The number of benzene rings is 1. The predicted octanol–water partition coefficient (Wildman–Crippen LogP) is 1.60. The van der Waals surface area contributed by atoms with E-state index in [2.05, 4.69) is 5.10 Å². The normalized spacial score (nSPS) is 9.87. The van der Waals surface area contributed by atoms with Gasteiger partial charge >= 0.3 is 0 Å². The molecule has 0 bridgehead atoms. The summed E-state index contributed by atoms with van der Waals surface area (Å²) in [6, 6.07) is 10.9. The van der Waals surface area contributed by atoms with E-state index in [-0.39, 0.29) is 12.5 Å². The molecule has 76 valence electrons. The van der Waals surface area contributed by atoms with Gasteiger partial charge in [0, 0.05) is 12.4 Å². The van der Waals surface area contributed by atoms with Crippen molar-refractivity contribution in [1.29, 1.82) is 0 Å². The van der Waals surface area contributed by atoms with Crippen LogP contribution in [-0.2, 0) is 0 Å². The van der Waals surface area contributed by atoms with Gasteiger partial charge in [-0.05, 0) is 18.2 Å². The highest BCUT2D eigenvalue weighted by atomic mass is 16.5. The van der Waals surface area contributed by atoms with Crippen LogP contribution in [0.5, 0.6) is 5.75 Å². The number of carbonyl (C=O) groups excluding carboxylic acids is 1. The van der Waals surface area contributed by atoms with Crippen LogP contribution in [0.15, 0.2) is 48.8 Å². The van der Waals surface area contributed by atoms with Gasteiger partial charge in [-0.2, -0.15) is 5.10 Å². The Kier molecular flexibility index (Phi) is 2.78. The summed E-state index contributed by atoms with van der Waals surface area (Å²) in [6.07, 6.45) is 3.15. The number of carbonyl (C=O) groups is 1. The van der Waals surface area contributed by atoms with Crippen molar-refractivity contribution in [3.8, 4) is 5.75 Å². The van der Waals surface area contributed by atoms with E-state index >= 15 is 0 Å². The summed E-state index contributed by atoms with van der Waals surface area (Å²) in [5.74, 6) is 0.488. The van der Waals surface area contributed by atoms with Gasteiger partial charge in [-0.1, -0.05) is 18.2 Å². The smallest absolute Gasteiger partial charge is 0.284 e. The SMILES string of the molecule is O=C(COc1ccccc1)n1cccn1. The number of nitrogens with zero attached hydrogens (tertiary/aromatic N) is 2. The van der Waals surface area contributed by atoms with Crippen molar-refractivity contribution in [3.05, 3.63) is 48.8 Å². The Morgan fingerprint density at radius 2 is 2.07 bits per heavy atom. The molecule has 1 aromatic heterocycles. The maximum atomic E-state index is 11.5. The topological polar surface area (TPSA) is 44.1 Å². The standard InChI is InChI=1S/C11H10N2O2/c14-11(13-8-4-7-12-13)9-15-10-5-2-1-3-6-10/h1-8H,9H2. The fourth-order valence-corrected chi connectivity index (χ4v) is 1.14. The van der Waals surface area contributed by atoms with Gasteiger partial charge in [0.25, 0.3) is 5.91 Å². The monoisotopic (exact) mass is 202 g/mol. The molecule has 0 aliphatic rings. The molecule has 2 aromatic rings. The third-order valence-electron chi connectivity index (χ3n) is 1.87. The second kappa shape index (κ2) is 4.41. The summed E-state index contributed by atoms with van der Waals surface area (Å²) in [4.78, 5) is 11.5. The molecule has 1 aromatic carbocycles. The lowest BCUT2D eigenvalue weighted by molar-refractivity contribution is 0.0821. The molecule has 4 nitrogen and oxygen atoms in total. The first kappa shape index (κ1) is 9.45. The fourth-order valence-electron chi connectivity index (χ4n) is 1.14. The van der Waals surface area contributed by atoms with Crippen LogP contribution in [0.4, 0.5) is 0 Å². The average molecular weight is 202 g/mol. The van der Waals surface area contributed by atoms with Crippen LogP contribution in [0.2, 0.25) is 0 Å². The summed E-state index contributed by atoms with van der Waals surface area (Å²) < 4.78 is 6.53. The molecule has 0 radical (unpaired) electrons. The highest BCUT2D eigenvalue weighted by Crippen LogP contribution is 2.07. The molecular formula is C11H10N2O2. The Morgan fingerprint density at radius 3 is 2.73 bits per heavy atom. The van der Waals surface area contributed by atoms with Gasteiger partial charge in [-0.25, -0.2) is 4.68 Å². The first-order chi connectivity index (χ1) is 7.36. The Balaban J connectivity index is 1.92. The summed E-state index contributed by atoms with van der Waals surface area (Å²) >= 11 is 0. The zero-order valence-corrected chi connectivity index (χ0v) is 8.04. The number of para-hydroxylation sites is 1. The highest BCUT2D eigenvalue weighted by molar-refractivity contribution is 5.79. The van der Waals surface area contributed by atoms with Crippen LogP contribution in [0, 0.1) is 0 Å². The van der Waals surface area contributed by atoms with Crippen LogP contribution in [-0.4, -0.2) is 22.3 Å². The van der Waals surface area contributed by atoms with Gasteiger partial charge in [0.15, 0.2) is 6.61 Å². The van der Waals surface area contributed by atoms with E-state index in [0.29, 0.717) is 5.75 Å². The molecule has 0 aliphatic carbocycles. The molecule has 0 spiro atoms. The van der Waals surface area contributed by atoms with Crippen molar-refractivity contribution >= 4 is 5.91 Å². The van der Waals surface area contributed by atoms with Crippen molar-refractivity contribution < 1.29 is 9.53 Å². The lowest BCUT2D eigenvalue weighted by Gasteiger charge is -2.04. The largest absolute Gasteiger partial charge is 0.484 e. The van der Waals surface area contributed by atoms with E-state index in [1.54, 1.807) is 30.6 Å². The summed E-state index contributed by atoms with van der Waals surface area (Å²) in [6.45, 7) is -0.00824. The van der Waals surface area contributed by atoms with E-state index in [9.17, 15) is 4.79 Å². The first-order valence-corrected chi connectivity index (χ1v) is 4.57. The molecule has 0 fully saturated rings. The molecule has 15 heavy (non-hydrogen) atoms. The summed E-state index contributed by atoms with van der Waals surface area (Å²) in [5.41, 5.74) is 0. The molecule has 0 unspecified atom stereocenters. The number of hydrogen-bond donors (Lipinski definition) is 0. The predicted molar refractivity (Wildman–Crippen MR) is 54.8 cm³/mol. The van der Waals surface area contributed by atoms with Crippen molar-refractivity contribution in [2.45, 2.75) is 0 Å². The maximum absolute atomic E-state index is 11.5. The van der Waals surface area contributed by atoms with E-state index in [1.807, 2.05) is 18.2 Å². The molecule has 0 saturated carbocycles. The molecule has 1 heterocycles. The third-order valence-corrected chi connectivity index (χ3v) is 1.87. The number of ether oxygens (including phenoxy) is 1. The van der Waals surface area contributed by atoms with E-state index in [1.165, 1.54) is 4.68 Å². The van der Waals surface area contributed by atoms with Crippen LogP contribution >= 0.6 is 0 Å². The zero-order valence-electron chi connectivity index (χ0n) is 8.04. The van der Waals surface area contributed by atoms with E-state index in [4.69, 9.17) is 4.74 Å². The van der Waals surface area contributed by atoms with Gasteiger partial charge in [0.2, 0.25) is 0 Å². The molecule has 0 saturated heterocycles. The minimum Gasteiger partial charge on any atom is -0.484 e. The van der Waals surface area contributed by atoms with Crippen molar-refractivity contribution in [3.63, 3.8) is 0 Å². The number of hydrogen-bond acceptors (Lipinski definition) is 3. The summed E-state index contributed by atoms with van der Waals surface area (Å²) in [5, 5.41) is 3.82. The van der Waals surface area contributed by atoms with Gasteiger partial charge in [0.05, 0.1) is 0 Å². The molecule has 0 atom stereocenters. The van der Waals surface area contributed by atoms with Gasteiger partial charge in [-0.15, -0.1) is 0 Å². The summed E-state index contributed by atoms with van der Waals surface area (Å²) in [7, 11) is 0. The Hall–Kier alpha value is -2.10. The lowest BCUT2D eigenvalue weighted by atomic mass is 10.3. The first-order valence-electron chi connectivity index (χ1n) is 4.57. The van der Waals surface area contributed by atoms with E-state index in [0.717, 1.165) is 0 Å². The van der Waals surface area contributed by atoms with Crippen LogP contribution in [0.1, 0.15) is 4.79 Å². The van der Waals surface area contributed by atoms with Gasteiger partial charge < -0.3 is 4.74 Å². The quantitative estimate of drug-likeness (QED) is 0.759. The number of rotatable bonds is 3. The lowest BCUT2D eigenvalue weighted by Crippen LogP contribution is -2.19. The molecule has 2 rings (SSSR count). The Morgan fingerprint density at radius 1 is 1.27 bits per heavy atom. The van der Waals surface area contributed by atoms with Crippen molar-refractivity contribution in [2.75, 3.05) is 6.61 Å². The van der Waals surface area contributed by atoms with Gasteiger partial charge in [-0.3, -0.25) is 4.79 Å². The third kappa shape index (κ3) is 2.43. The molecular weight excluding hydrogens is 192 g/mol. The average Bonchev–Trinajstić information content (AvgIpc) is 2.81. The number of aromatic nitrogens is 2. The van der Waals surface area contributed by atoms with Crippen molar-refractivity contribution in [1.82, 2.24) is 9.78 Å². The Labute approximate surface area is 87.1 Å². The second-order valence-electron chi connectivity index (χ2n) is 2.95. The minimum atomic E-state index is -0.191. The molecule has 0 N–H and O–H groups in total. The maximum Gasteiger partial charge on any atom is 0.284 e. The highest BCUT2D eigenvalue weighted by Gasteiger charge is 2.04. The van der Waals surface area contributed by atoms with E-state index < -0.39 is 0 Å². The molecule has 4 heteroatoms. The van der Waals surface area contributed by atoms with Crippen LogP contribution in [0.25, 0.3) is 0 Å². The van der Waals surface area contributed by atoms with Crippen LogP contribution < -0.4 is 4.74 Å². The fraction of sp³-hybridized carbons (Fsp3) is 0.0909. The minimum absolute atomic E-state index is 0.00824.